The van der Waals surface area contributed by atoms with Crippen molar-refractivity contribution in [3.05, 3.63) is 90.0 Å². The molecule has 0 aliphatic rings. The van der Waals surface area contributed by atoms with Gasteiger partial charge in [-0.3, -0.25) is 4.79 Å². The van der Waals surface area contributed by atoms with Crippen LogP contribution in [0.25, 0.3) is 33.2 Å². The molecule has 5 rings (SSSR count). The predicted octanol–water partition coefficient (Wildman–Crippen LogP) is 5.01. The SMILES string of the molecule is CCc1ccc(-c2cc(C(=O)Nc3[nH]c4ccccc4[nH+]3)c3ccccc3n2)cc1. The highest BCUT2D eigenvalue weighted by Crippen LogP contribution is 2.26. The first-order valence-electron chi connectivity index (χ1n) is 10.0. The van der Waals surface area contributed by atoms with Gasteiger partial charge in [-0.15, -0.1) is 0 Å². The van der Waals surface area contributed by atoms with E-state index in [1.807, 2.05) is 54.6 Å². The standard InChI is InChI=1S/C25H20N4O/c1-2-16-11-13-17(14-12-16)23-15-19(18-7-3-4-8-20(18)26-23)24(30)29-25-27-21-9-5-6-10-22(21)28-25/h3-15H,2H2,1H3,(H2,27,28,29,30)/p+1. The van der Waals surface area contributed by atoms with Crippen LogP contribution in [0.1, 0.15) is 22.8 Å². The molecule has 0 spiro atoms. The fourth-order valence-electron chi connectivity index (χ4n) is 3.67. The van der Waals surface area contributed by atoms with Crippen molar-refractivity contribution in [2.24, 2.45) is 0 Å². The van der Waals surface area contributed by atoms with Crippen molar-refractivity contribution >= 4 is 33.8 Å². The number of aromatic amines is 2. The average Bonchev–Trinajstić information content (AvgIpc) is 3.20. The molecule has 146 valence electrons. The lowest BCUT2D eigenvalue weighted by Crippen LogP contribution is -2.18. The maximum absolute atomic E-state index is 13.2. The normalized spacial score (nSPS) is 11.1. The van der Waals surface area contributed by atoms with Gasteiger partial charge in [0.1, 0.15) is 11.0 Å². The molecule has 3 N–H and O–H groups in total. The zero-order valence-corrected chi connectivity index (χ0v) is 16.6. The second kappa shape index (κ2) is 7.44. The summed E-state index contributed by atoms with van der Waals surface area (Å²) in [5.41, 5.74) is 6.29. The number of hydrogen-bond donors (Lipinski definition) is 2. The third-order valence-electron chi connectivity index (χ3n) is 5.30. The van der Waals surface area contributed by atoms with Crippen LogP contribution in [0.4, 0.5) is 5.95 Å². The quantitative estimate of drug-likeness (QED) is 0.450. The van der Waals surface area contributed by atoms with Gasteiger partial charge in [0.2, 0.25) is 0 Å². The van der Waals surface area contributed by atoms with Gasteiger partial charge in [0.15, 0.2) is 0 Å². The van der Waals surface area contributed by atoms with E-state index in [1.165, 1.54) is 5.56 Å². The Kier molecular flexibility index (Phi) is 4.48. The Balaban J connectivity index is 1.56. The summed E-state index contributed by atoms with van der Waals surface area (Å²) in [6.45, 7) is 2.13. The molecule has 0 bridgehead atoms. The van der Waals surface area contributed by atoms with Crippen molar-refractivity contribution in [1.82, 2.24) is 9.97 Å². The van der Waals surface area contributed by atoms with Crippen LogP contribution in [0.15, 0.2) is 78.9 Å². The van der Waals surface area contributed by atoms with E-state index in [2.05, 4.69) is 46.5 Å². The Morgan fingerprint density at radius 2 is 1.77 bits per heavy atom. The molecule has 5 aromatic rings. The molecule has 30 heavy (non-hydrogen) atoms. The summed E-state index contributed by atoms with van der Waals surface area (Å²) < 4.78 is 0. The number of amides is 1. The third-order valence-corrected chi connectivity index (χ3v) is 5.30. The Morgan fingerprint density at radius 3 is 2.57 bits per heavy atom. The lowest BCUT2D eigenvalue weighted by molar-refractivity contribution is -0.326. The number of pyridine rings is 1. The highest BCUT2D eigenvalue weighted by atomic mass is 16.1. The zero-order chi connectivity index (χ0) is 20.5. The number of H-pyrrole nitrogens is 2. The Hall–Kier alpha value is -3.99. The Labute approximate surface area is 173 Å². The fraction of sp³-hybridized carbons (Fsp3) is 0.0800. The highest BCUT2D eigenvalue weighted by Gasteiger charge is 2.19. The first-order chi connectivity index (χ1) is 14.7. The molecule has 0 saturated heterocycles. The molecule has 0 saturated carbocycles. The van der Waals surface area contributed by atoms with Crippen LogP contribution in [0, 0.1) is 0 Å². The van der Waals surface area contributed by atoms with E-state index in [0.29, 0.717) is 11.5 Å². The smallest absolute Gasteiger partial charge is 0.250 e. The number of benzene rings is 3. The molecule has 0 unspecified atom stereocenters. The van der Waals surface area contributed by atoms with Gasteiger partial charge in [-0.25, -0.2) is 20.3 Å². The molecule has 0 atom stereocenters. The number of fused-ring (bicyclic) bond motifs is 2. The van der Waals surface area contributed by atoms with E-state index in [1.54, 1.807) is 0 Å². The monoisotopic (exact) mass is 393 g/mol. The van der Waals surface area contributed by atoms with E-state index in [0.717, 1.165) is 39.6 Å². The van der Waals surface area contributed by atoms with Crippen LogP contribution in [-0.4, -0.2) is 15.9 Å². The van der Waals surface area contributed by atoms with E-state index >= 15 is 0 Å². The van der Waals surface area contributed by atoms with Gasteiger partial charge in [0.05, 0.1) is 16.8 Å². The molecule has 0 aliphatic heterocycles. The molecule has 1 amide bonds. The minimum atomic E-state index is -0.192. The second-order valence-electron chi connectivity index (χ2n) is 7.25. The van der Waals surface area contributed by atoms with Gasteiger partial charge in [0.25, 0.3) is 0 Å². The van der Waals surface area contributed by atoms with Crippen LogP contribution < -0.4 is 10.3 Å². The van der Waals surface area contributed by atoms with Crippen molar-refractivity contribution in [1.29, 1.82) is 0 Å². The Bertz CT molecular complexity index is 1340. The summed E-state index contributed by atoms with van der Waals surface area (Å²) in [5.74, 6) is 0.360. The first kappa shape index (κ1) is 18.1. The topological polar surface area (TPSA) is 71.9 Å². The van der Waals surface area contributed by atoms with Crippen molar-refractivity contribution in [2.75, 3.05) is 5.32 Å². The molecule has 2 aromatic heterocycles. The molecule has 5 nitrogen and oxygen atoms in total. The van der Waals surface area contributed by atoms with Gasteiger partial charge >= 0.3 is 11.9 Å². The maximum Gasteiger partial charge on any atom is 0.361 e. The molecule has 3 aromatic carbocycles. The molecule has 0 radical (unpaired) electrons. The summed E-state index contributed by atoms with van der Waals surface area (Å²) >= 11 is 0. The summed E-state index contributed by atoms with van der Waals surface area (Å²) in [6.07, 6.45) is 0.986. The molecule has 0 aliphatic carbocycles. The number of rotatable bonds is 4. The van der Waals surface area contributed by atoms with Crippen molar-refractivity contribution in [3.63, 3.8) is 0 Å². The van der Waals surface area contributed by atoms with Crippen molar-refractivity contribution in [2.45, 2.75) is 13.3 Å². The van der Waals surface area contributed by atoms with Crippen molar-refractivity contribution in [3.8, 4) is 11.3 Å². The molecule has 0 fully saturated rings. The van der Waals surface area contributed by atoms with Crippen LogP contribution in [-0.2, 0) is 6.42 Å². The van der Waals surface area contributed by atoms with Crippen LogP contribution >= 0.6 is 0 Å². The Morgan fingerprint density at radius 1 is 1.00 bits per heavy atom. The van der Waals surface area contributed by atoms with Gasteiger partial charge < -0.3 is 0 Å². The van der Waals surface area contributed by atoms with Crippen LogP contribution in [0.2, 0.25) is 0 Å². The van der Waals surface area contributed by atoms with Crippen LogP contribution in [0.3, 0.4) is 0 Å². The summed E-state index contributed by atoms with van der Waals surface area (Å²) in [6, 6.07) is 25.7. The minimum Gasteiger partial charge on any atom is -0.250 e. The summed E-state index contributed by atoms with van der Waals surface area (Å²) in [7, 11) is 0. The lowest BCUT2D eigenvalue weighted by Gasteiger charge is -2.08. The van der Waals surface area contributed by atoms with E-state index in [-0.39, 0.29) is 5.91 Å². The number of hydrogen-bond acceptors (Lipinski definition) is 2. The number of anilines is 1. The lowest BCUT2D eigenvalue weighted by atomic mass is 10.0. The first-order valence-corrected chi connectivity index (χ1v) is 10.0. The summed E-state index contributed by atoms with van der Waals surface area (Å²) in [5, 5.41) is 3.78. The molecular weight excluding hydrogens is 372 g/mol. The number of aryl methyl sites for hydroxylation is 1. The van der Waals surface area contributed by atoms with Crippen LogP contribution in [0.5, 0.6) is 0 Å². The summed E-state index contributed by atoms with van der Waals surface area (Å²) in [4.78, 5) is 24.4. The molecule has 5 heteroatoms. The average molecular weight is 393 g/mol. The number of para-hydroxylation sites is 3. The third kappa shape index (κ3) is 3.31. The number of carbonyl (C=O) groups excluding carboxylic acids is 1. The van der Waals surface area contributed by atoms with Gasteiger partial charge in [-0.1, -0.05) is 61.5 Å². The maximum atomic E-state index is 13.2. The van der Waals surface area contributed by atoms with Gasteiger partial charge in [-0.05, 0) is 36.2 Å². The van der Waals surface area contributed by atoms with E-state index in [9.17, 15) is 4.79 Å². The fourth-order valence-corrected chi connectivity index (χ4v) is 3.67. The highest BCUT2D eigenvalue weighted by molar-refractivity contribution is 6.12. The molecular formula is C25H21N4O+. The van der Waals surface area contributed by atoms with Gasteiger partial charge in [0, 0.05) is 10.9 Å². The predicted molar refractivity (Wildman–Crippen MR) is 119 cm³/mol. The van der Waals surface area contributed by atoms with E-state index < -0.39 is 0 Å². The number of imidazole rings is 1. The number of nitrogens with one attached hydrogen (secondary N) is 3. The minimum absolute atomic E-state index is 0.192. The number of nitrogens with zero attached hydrogens (tertiary/aromatic N) is 1. The largest absolute Gasteiger partial charge is 0.361 e. The number of aromatic nitrogens is 3. The van der Waals surface area contributed by atoms with Crippen molar-refractivity contribution < 1.29 is 9.78 Å². The molecule has 2 heterocycles. The van der Waals surface area contributed by atoms with E-state index in [4.69, 9.17) is 4.98 Å². The zero-order valence-electron chi connectivity index (χ0n) is 16.6. The number of carbonyl (C=O) groups is 1. The van der Waals surface area contributed by atoms with Gasteiger partial charge in [-0.2, -0.15) is 0 Å². The second-order valence-corrected chi connectivity index (χ2v) is 7.25.